The quantitative estimate of drug-likeness (QED) is 0.617. The maximum absolute atomic E-state index is 12.9. The van der Waals surface area contributed by atoms with Gasteiger partial charge >= 0.3 is 0 Å². The highest BCUT2D eigenvalue weighted by Gasteiger charge is 2.31. The van der Waals surface area contributed by atoms with Gasteiger partial charge in [0.25, 0.3) is 5.69 Å². The van der Waals surface area contributed by atoms with Crippen LogP contribution in [0.25, 0.3) is 0 Å². The number of rotatable bonds is 5. The van der Waals surface area contributed by atoms with Crippen molar-refractivity contribution in [3.8, 4) is 0 Å². The molecule has 2 aromatic rings. The zero-order valence-electron chi connectivity index (χ0n) is 16.1. The number of carbonyl (C=O) groups excluding carboxylic acids is 2. The first-order chi connectivity index (χ1) is 14.0. The minimum absolute atomic E-state index is 0.000184. The monoisotopic (exact) mass is 393 g/mol. The number of amides is 2. The molecular weight excluding hydrogens is 370 g/mol. The van der Waals surface area contributed by atoms with E-state index in [0.717, 1.165) is 43.4 Å². The summed E-state index contributed by atoms with van der Waals surface area (Å²) in [7, 11) is 0. The number of fused-ring (bicyclic) bond motifs is 1. The molecule has 1 aliphatic heterocycles. The standard InChI is InChI=1S/C22H23N3O4/c26-21(13-15-5-9-19(10-6-15)25(28)29)23-18-8-7-16-11-12-24(20(16)14-18)22(27)17-3-1-2-4-17/h5-10,14,17H,1-4,11-13H2,(H,23,26). The Morgan fingerprint density at radius 1 is 1.10 bits per heavy atom. The summed E-state index contributed by atoms with van der Waals surface area (Å²) < 4.78 is 0. The molecule has 7 heteroatoms. The number of benzene rings is 2. The van der Waals surface area contributed by atoms with E-state index in [2.05, 4.69) is 5.32 Å². The summed E-state index contributed by atoms with van der Waals surface area (Å²) in [6.07, 6.45) is 5.14. The molecular formula is C22H23N3O4. The molecule has 2 amide bonds. The lowest BCUT2D eigenvalue weighted by Gasteiger charge is -2.21. The third-order valence-electron chi connectivity index (χ3n) is 5.75. The van der Waals surface area contributed by atoms with Gasteiger partial charge in [-0.3, -0.25) is 19.7 Å². The molecule has 1 fully saturated rings. The van der Waals surface area contributed by atoms with Gasteiger partial charge in [-0.1, -0.05) is 31.0 Å². The molecule has 1 heterocycles. The second-order valence-electron chi connectivity index (χ2n) is 7.71. The largest absolute Gasteiger partial charge is 0.326 e. The maximum atomic E-state index is 12.9. The van der Waals surface area contributed by atoms with Gasteiger partial charge in [0.05, 0.1) is 11.3 Å². The van der Waals surface area contributed by atoms with Crippen LogP contribution >= 0.6 is 0 Å². The Morgan fingerprint density at radius 2 is 1.83 bits per heavy atom. The average Bonchev–Trinajstić information content (AvgIpc) is 3.38. The fourth-order valence-corrected chi connectivity index (χ4v) is 4.21. The third-order valence-corrected chi connectivity index (χ3v) is 5.75. The van der Waals surface area contributed by atoms with Crippen molar-refractivity contribution < 1.29 is 14.5 Å². The number of hydrogen-bond donors (Lipinski definition) is 1. The number of nitro benzene ring substituents is 1. The van der Waals surface area contributed by atoms with Crippen LogP contribution in [0.4, 0.5) is 17.1 Å². The summed E-state index contributed by atoms with van der Waals surface area (Å²) in [5.41, 5.74) is 3.38. The molecule has 0 spiro atoms. The van der Waals surface area contributed by atoms with Gasteiger partial charge in [0.1, 0.15) is 0 Å². The Kier molecular flexibility index (Phi) is 5.29. The van der Waals surface area contributed by atoms with Crippen molar-refractivity contribution in [3.63, 3.8) is 0 Å². The molecule has 4 rings (SSSR count). The number of nitro groups is 1. The number of non-ortho nitro benzene ring substituents is 1. The minimum Gasteiger partial charge on any atom is -0.326 e. The number of carbonyl (C=O) groups is 2. The predicted octanol–water partition coefficient (Wildman–Crippen LogP) is 3.86. The SMILES string of the molecule is O=C(Cc1ccc([N+](=O)[O-])cc1)Nc1ccc2c(c1)N(C(=O)C1CCCC1)CC2. The molecule has 2 aliphatic rings. The Labute approximate surface area is 168 Å². The molecule has 0 radical (unpaired) electrons. The van der Waals surface area contributed by atoms with E-state index in [1.807, 2.05) is 23.1 Å². The summed E-state index contributed by atoms with van der Waals surface area (Å²) in [4.78, 5) is 37.4. The van der Waals surface area contributed by atoms with Gasteiger partial charge < -0.3 is 10.2 Å². The Bertz CT molecular complexity index is 949. The summed E-state index contributed by atoms with van der Waals surface area (Å²) in [5.74, 6) is 0.127. The Hall–Kier alpha value is -3.22. The van der Waals surface area contributed by atoms with E-state index in [4.69, 9.17) is 0 Å². The van der Waals surface area contributed by atoms with Crippen LogP contribution in [-0.2, 0) is 22.4 Å². The Morgan fingerprint density at radius 3 is 2.52 bits per heavy atom. The van der Waals surface area contributed by atoms with E-state index in [-0.39, 0.29) is 29.8 Å². The van der Waals surface area contributed by atoms with Crippen LogP contribution in [0.2, 0.25) is 0 Å². The summed E-state index contributed by atoms with van der Waals surface area (Å²) in [6, 6.07) is 11.7. The lowest BCUT2D eigenvalue weighted by molar-refractivity contribution is -0.384. The van der Waals surface area contributed by atoms with E-state index < -0.39 is 4.92 Å². The van der Waals surface area contributed by atoms with Gasteiger partial charge in [0.15, 0.2) is 0 Å². The first-order valence-electron chi connectivity index (χ1n) is 9.99. The molecule has 0 aromatic heterocycles. The second-order valence-corrected chi connectivity index (χ2v) is 7.71. The van der Waals surface area contributed by atoms with Crippen LogP contribution in [0.15, 0.2) is 42.5 Å². The zero-order chi connectivity index (χ0) is 20.4. The lowest BCUT2D eigenvalue weighted by atomic mass is 10.1. The van der Waals surface area contributed by atoms with Gasteiger partial charge in [-0.15, -0.1) is 0 Å². The molecule has 2 aromatic carbocycles. The van der Waals surface area contributed by atoms with Crippen molar-refractivity contribution in [2.75, 3.05) is 16.8 Å². The molecule has 0 saturated heterocycles. The first-order valence-corrected chi connectivity index (χ1v) is 9.99. The average molecular weight is 393 g/mol. The third kappa shape index (κ3) is 4.13. The molecule has 0 atom stereocenters. The van der Waals surface area contributed by atoms with Gasteiger partial charge in [-0.05, 0) is 42.5 Å². The van der Waals surface area contributed by atoms with Crippen molar-refractivity contribution in [1.29, 1.82) is 0 Å². The lowest BCUT2D eigenvalue weighted by Crippen LogP contribution is -2.33. The van der Waals surface area contributed by atoms with Crippen LogP contribution in [-0.4, -0.2) is 23.3 Å². The Balaban J connectivity index is 1.43. The number of anilines is 2. The molecule has 0 bridgehead atoms. The molecule has 29 heavy (non-hydrogen) atoms. The van der Waals surface area contributed by atoms with Crippen LogP contribution in [0, 0.1) is 16.0 Å². The topological polar surface area (TPSA) is 92.5 Å². The van der Waals surface area contributed by atoms with Crippen molar-refractivity contribution in [2.24, 2.45) is 5.92 Å². The fourth-order valence-electron chi connectivity index (χ4n) is 4.21. The molecule has 7 nitrogen and oxygen atoms in total. The van der Waals surface area contributed by atoms with Gasteiger partial charge in [0, 0.05) is 36.0 Å². The fraction of sp³-hybridized carbons (Fsp3) is 0.364. The normalized spacial score (nSPS) is 15.9. The minimum atomic E-state index is -0.465. The number of nitrogens with one attached hydrogen (secondary N) is 1. The van der Waals surface area contributed by atoms with Crippen LogP contribution in [0.3, 0.4) is 0 Å². The molecule has 0 unspecified atom stereocenters. The van der Waals surface area contributed by atoms with Gasteiger partial charge in [-0.25, -0.2) is 0 Å². The van der Waals surface area contributed by atoms with E-state index in [0.29, 0.717) is 17.8 Å². The van der Waals surface area contributed by atoms with Crippen molar-refractivity contribution in [2.45, 2.75) is 38.5 Å². The molecule has 1 aliphatic carbocycles. The highest BCUT2D eigenvalue weighted by molar-refractivity contribution is 5.99. The van der Waals surface area contributed by atoms with Gasteiger partial charge in [0.2, 0.25) is 11.8 Å². The second kappa shape index (κ2) is 8.03. The molecule has 1 N–H and O–H groups in total. The first kappa shape index (κ1) is 19.1. The van der Waals surface area contributed by atoms with Crippen LogP contribution in [0.5, 0.6) is 0 Å². The van der Waals surface area contributed by atoms with E-state index in [1.54, 1.807) is 12.1 Å². The highest BCUT2D eigenvalue weighted by atomic mass is 16.6. The summed E-state index contributed by atoms with van der Waals surface area (Å²) in [5, 5.41) is 13.6. The predicted molar refractivity (Wildman–Crippen MR) is 110 cm³/mol. The smallest absolute Gasteiger partial charge is 0.269 e. The summed E-state index contributed by atoms with van der Waals surface area (Å²) >= 11 is 0. The number of nitrogens with zero attached hydrogens (tertiary/aromatic N) is 2. The maximum Gasteiger partial charge on any atom is 0.269 e. The van der Waals surface area contributed by atoms with Crippen molar-refractivity contribution in [3.05, 3.63) is 63.7 Å². The number of hydrogen-bond acceptors (Lipinski definition) is 4. The summed E-state index contributed by atoms with van der Waals surface area (Å²) in [6.45, 7) is 0.699. The van der Waals surface area contributed by atoms with Crippen LogP contribution < -0.4 is 10.2 Å². The van der Waals surface area contributed by atoms with E-state index in [1.165, 1.54) is 12.1 Å². The van der Waals surface area contributed by atoms with Crippen molar-refractivity contribution >= 4 is 28.9 Å². The molecule has 150 valence electrons. The zero-order valence-corrected chi connectivity index (χ0v) is 16.1. The highest BCUT2D eigenvalue weighted by Crippen LogP contribution is 2.35. The van der Waals surface area contributed by atoms with Crippen LogP contribution in [0.1, 0.15) is 36.8 Å². The van der Waals surface area contributed by atoms with E-state index >= 15 is 0 Å². The molecule has 1 saturated carbocycles. The van der Waals surface area contributed by atoms with Gasteiger partial charge in [-0.2, -0.15) is 0 Å². The van der Waals surface area contributed by atoms with E-state index in [9.17, 15) is 19.7 Å². The van der Waals surface area contributed by atoms with Crippen molar-refractivity contribution in [1.82, 2.24) is 0 Å².